The summed E-state index contributed by atoms with van der Waals surface area (Å²) in [7, 11) is 0. The van der Waals surface area contributed by atoms with E-state index in [1.807, 2.05) is 6.07 Å². The second-order valence-corrected chi connectivity index (χ2v) is 5.85. The number of carbonyl (C=O) groups is 2. The van der Waals surface area contributed by atoms with Crippen LogP contribution in [0.15, 0.2) is 18.2 Å². The van der Waals surface area contributed by atoms with Crippen LogP contribution in [0.5, 0.6) is 0 Å². The molecule has 1 atom stereocenters. The lowest BCUT2D eigenvalue weighted by Gasteiger charge is -2.18. The summed E-state index contributed by atoms with van der Waals surface area (Å²) >= 11 is 1.20. The van der Waals surface area contributed by atoms with Gasteiger partial charge in [-0.1, -0.05) is 11.8 Å². The number of halogens is 1. The molecule has 1 aromatic rings. The average Bonchev–Trinajstić information content (AvgIpc) is 2.77. The summed E-state index contributed by atoms with van der Waals surface area (Å²) in [5.41, 5.74) is 0.590. The molecule has 0 saturated carbocycles. The van der Waals surface area contributed by atoms with Crippen molar-refractivity contribution < 1.29 is 14.0 Å². The Labute approximate surface area is 120 Å². The van der Waals surface area contributed by atoms with Crippen molar-refractivity contribution in [3.8, 4) is 6.07 Å². The topological polar surface area (TPSA) is 61.2 Å². The standard InChI is InChI=1S/C14H13FN2O2S/c1-9(18)20-8-10-4-14(19)17(7-10)13-3-2-12(15)5-11(13)6-16/h2-3,5,10H,4,7-8H2,1H3. The first kappa shape index (κ1) is 14.5. The molecule has 20 heavy (non-hydrogen) atoms. The van der Waals surface area contributed by atoms with Crippen LogP contribution in [-0.2, 0) is 9.59 Å². The molecule has 0 radical (unpaired) electrons. The molecule has 6 heteroatoms. The Morgan fingerprint density at radius 2 is 2.35 bits per heavy atom. The third kappa shape index (κ3) is 3.17. The van der Waals surface area contributed by atoms with Gasteiger partial charge in [0.05, 0.1) is 11.3 Å². The van der Waals surface area contributed by atoms with Gasteiger partial charge in [-0.25, -0.2) is 4.39 Å². The van der Waals surface area contributed by atoms with Gasteiger partial charge in [0, 0.05) is 25.6 Å². The number of benzene rings is 1. The summed E-state index contributed by atoms with van der Waals surface area (Å²) < 4.78 is 13.1. The monoisotopic (exact) mass is 292 g/mol. The highest BCUT2D eigenvalue weighted by atomic mass is 32.2. The molecule has 0 spiro atoms. The van der Waals surface area contributed by atoms with E-state index in [1.165, 1.54) is 35.7 Å². The SMILES string of the molecule is CC(=O)SCC1CC(=O)N(c2ccc(F)cc2C#N)C1. The van der Waals surface area contributed by atoms with Gasteiger partial charge in [-0.05, 0) is 24.1 Å². The van der Waals surface area contributed by atoms with Crippen molar-refractivity contribution in [2.75, 3.05) is 17.2 Å². The molecule has 1 unspecified atom stereocenters. The number of nitrogens with zero attached hydrogens (tertiary/aromatic N) is 2. The summed E-state index contributed by atoms with van der Waals surface area (Å²) in [5, 5.41) is 9.05. The highest BCUT2D eigenvalue weighted by Gasteiger charge is 2.32. The smallest absolute Gasteiger partial charge is 0.227 e. The summed E-state index contributed by atoms with van der Waals surface area (Å²) in [6.45, 7) is 1.95. The Morgan fingerprint density at radius 1 is 1.60 bits per heavy atom. The molecule has 1 heterocycles. The third-order valence-corrected chi connectivity index (χ3v) is 4.14. The van der Waals surface area contributed by atoms with Gasteiger partial charge in [-0.2, -0.15) is 5.26 Å². The van der Waals surface area contributed by atoms with Crippen molar-refractivity contribution in [3.63, 3.8) is 0 Å². The summed E-state index contributed by atoms with van der Waals surface area (Å²) in [6.07, 6.45) is 0.350. The Bertz CT molecular complexity index is 597. The van der Waals surface area contributed by atoms with E-state index in [9.17, 15) is 14.0 Å². The number of anilines is 1. The quantitative estimate of drug-likeness (QED) is 0.858. The molecule has 1 aromatic carbocycles. The van der Waals surface area contributed by atoms with Crippen molar-refractivity contribution in [1.82, 2.24) is 0 Å². The minimum absolute atomic E-state index is 0.0235. The van der Waals surface area contributed by atoms with Crippen LogP contribution in [-0.4, -0.2) is 23.3 Å². The van der Waals surface area contributed by atoms with Gasteiger partial charge < -0.3 is 4.90 Å². The van der Waals surface area contributed by atoms with Crippen LogP contribution in [0.4, 0.5) is 10.1 Å². The van der Waals surface area contributed by atoms with Crippen LogP contribution in [0.25, 0.3) is 0 Å². The van der Waals surface area contributed by atoms with Gasteiger partial charge in [-0.15, -0.1) is 0 Å². The fourth-order valence-electron chi connectivity index (χ4n) is 2.19. The lowest BCUT2D eigenvalue weighted by molar-refractivity contribution is -0.117. The van der Waals surface area contributed by atoms with Gasteiger partial charge in [-0.3, -0.25) is 9.59 Å². The van der Waals surface area contributed by atoms with Crippen LogP contribution in [0.1, 0.15) is 18.9 Å². The molecular formula is C14H13FN2O2S. The first-order valence-corrected chi connectivity index (χ1v) is 7.13. The Balaban J connectivity index is 2.16. The van der Waals surface area contributed by atoms with Crippen molar-refractivity contribution >= 4 is 28.5 Å². The Hall–Kier alpha value is -1.87. The van der Waals surface area contributed by atoms with E-state index in [0.717, 1.165) is 6.07 Å². The van der Waals surface area contributed by atoms with Crippen molar-refractivity contribution in [1.29, 1.82) is 5.26 Å². The largest absolute Gasteiger partial charge is 0.311 e. The van der Waals surface area contributed by atoms with Crippen LogP contribution < -0.4 is 4.90 Å². The maximum Gasteiger partial charge on any atom is 0.227 e. The molecule has 0 aromatic heterocycles. The maximum atomic E-state index is 13.1. The molecular weight excluding hydrogens is 279 g/mol. The first-order valence-electron chi connectivity index (χ1n) is 6.14. The van der Waals surface area contributed by atoms with E-state index in [1.54, 1.807) is 0 Å². The van der Waals surface area contributed by atoms with Crippen LogP contribution in [0.3, 0.4) is 0 Å². The van der Waals surface area contributed by atoms with E-state index in [-0.39, 0.29) is 22.5 Å². The predicted molar refractivity (Wildman–Crippen MR) is 74.7 cm³/mol. The van der Waals surface area contributed by atoms with Gasteiger partial charge in [0.2, 0.25) is 5.91 Å². The molecule has 104 valence electrons. The van der Waals surface area contributed by atoms with Crippen molar-refractivity contribution in [2.45, 2.75) is 13.3 Å². The summed E-state index contributed by atoms with van der Waals surface area (Å²) in [6, 6.07) is 5.72. The third-order valence-electron chi connectivity index (χ3n) is 3.10. The minimum atomic E-state index is -0.499. The summed E-state index contributed by atoms with van der Waals surface area (Å²) in [5.74, 6) is 0.0663. The van der Waals surface area contributed by atoms with Crippen LogP contribution >= 0.6 is 11.8 Å². The fraction of sp³-hybridized carbons (Fsp3) is 0.357. The van der Waals surface area contributed by atoms with E-state index < -0.39 is 5.82 Å². The molecule has 0 aliphatic carbocycles. The van der Waals surface area contributed by atoms with E-state index in [4.69, 9.17) is 5.26 Å². The van der Waals surface area contributed by atoms with Gasteiger partial charge in [0.1, 0.15) is 11.9 Å². The molecule has 1 amide bonds. The lowest BCUT2D eigenvalue weighted by atomic mass is 10.1. The van der Waals surface area contributed by atoms with Crippen LogP contribution in [0.2, 0.25) is 0 Å². The number of carbonyl (C=O) groups excluding carboxylic acids is 2. The molecule has 1 saturated heterocycles. The Kier molecular flexibility index (Phi) is 4.40. The average molecular weight is 292 g/mol. The number of rotatable bonds is 3. The van der Waals surface area contributed by atoms with E-state index >= 15 is 0 Å². The zero-order valence-corrected chi connectivity index (χ0v) is 11.7. The first-order chi connectivity index (χ1) is 9.51. The molecule has 0 bridgehead atoms. The lowest BCUT2D eigenvalue weighted by Crippen LogP contribution is -2.25. The zero-order chi connectivity index (χ0) is 14.7. The minimum Gasteiger partial charge on any atom is -0.311 e. The van der Waals surface area contributed by atoms with E-state index in [0.29, 0.717) is 24.4 Å². The highest BCUT2D eigenvalue weighted by Crippen LogP contribution is 2.30. The molecule has 1 aliphatic heterocycles. The summed E-state index contributed by atoms with van der Waals surface area (Å²) in [4.78, 5) is 24.5. The molecule has 1 aliphatic rings. The van der Waals surface area contributed by atoms with Crippen molar-refractivity contribution in [2.24, 2.45) is 5.92 Å². The second-order valence-electron chi connectivity index (χ2n) is 4.65. The zero-order valence-electron chi connectivity index (χ0n) is 10.9. The Morgan fingerprint density at radius 3 is 3.00 bits per heavy atom. The number of thioether (sulfide) groups is 1. The van der Waals surface area contributed by atoms with Crippen LogP contribution in [0, 0.1) is 23.1 Å². The number of hydrogen-bond acceptors (Lipinski definition) is 4. The normalized spacial score (nSPS) is 18.1. The van der Waals surface area contributed by atoms with Gasteiger partial charge >= 0.3 is 0 Å². The number of amides is 1. The predicted octanol–water partition coefficient (Wildman–Crippen LogP) is 2.33. The van der Waals surface area contributed by atoms with Gasteiger partial charge in [0.15, 0.2) is 5.12 Å². The number of hydrogen-bond donors (Lipinski definition) is 0. The maximum absolute atomic E-state index is 13.1. The fourth-order valence-corrected chi connectivity index (χ4v) is 2.89. The molecule has 4 nitrogen and oxygen atoms in total. The highest BCUT2D eigenvalue weighted by molar-refractivity contribution is 8.13. The van der Waals surface area contributed by atoms with Gasteiger partial charge in [0.25, 0.3) is 0 Å². The molecule has 1 fully saturated rings. The molecule has 0 N–H and O–H groups in total. The van der Waals surface area contributed by atoms with E-state index in [2.05, 4.69) is 0 Å². The van der Waals surface area contributed by atoms with Crippen molar-refractivity contribution in [3.05, 3.63) is 29.6 Å². The molecule has 2 rings (SSSR count). The second kappa shape index (κ2) is 6.06. The number of nitriles is 1.